The third-order valence-electron chi connectivity index (χ3n) is 6.07. The summed E-state index contributed by atoms with van der Waals surface area (Å²) in [5, 5.41) is 12.4. The van der Waals surface area contributed by atoms with Crippen LogP contribution in [0.2, 0.25) is 0 Å². The van der Waals surface area contributed by atoms with Crippen molar-refractivity contribution in [1.82, 2.24) is 14.9 Å². The van der Waals surface area contributed by atoms with Gasteiger partial charge in [0.05, 0.1) is 23.9 Å². The zero-order valence-corrected chi connectivity index (χ0v) is 18.5. The van der Waals surface area contributed by atoms with Crippen LogP contribution in [0.3, 0.4) is 0 Å². The van der Waals surface area contributed by atoms with Crippen LogP contribution >= 0.6 is 0 Å². The highest BCUT2D eigenvalue weighted by Gasteiger charge is 2.24. The molecule has 4 rings (SSSR count). The van der Waals surface area contributed by atoms with Crippen LogP contribution in [0.5, 0.6) is 5.75 Å². The minimum Gasteiger partial charge on any atom is -0.494 e. The van der Waals surface area contributed by atoms with Gasteiger partial charge in [-0.2, -0.15) is 5.26 Å². The van der Waals surface area contributed by atoms with Gasteiger partial charge < -0.3 is 10.1 Å². The van der Waals surface area contributed by atoms with Crippen LogP contribution in [0.4, 0.5) is 8.78 Å². The van der Waals surface area contributed by atoms with E-state index in [0.29, 0.717) is 17.0 Å². The first kappa shape index (κ1) is 22.6. The van der Waals surface area contributed by atoms with Gasteiger partial charge in [-0.15, -0.1) is 0 Å². The highest BCUT2D eigenvalue weighted by Crippen LogP contribution is 2.33. The van der Waals surface area contributed by atoms with Gasteiger partial charge in [-0.1, -0.05) is 12.1 Å². The molecule has 2 heterocycles. The molecular weight excluding hydrogens is 426 g/mol. The Hall–Kier alpha value is -3.57. The molecule has 1 N–H and O–H groups in total. The van der Waals surface area contributed by atoms with Gasteiger partial charge in [0.1, 0.15) is 17.7 Å². The molecule has 8 heteroatoms. The Morgan fingerprint density at radius 3 is 2.58 bits per heavy atom. The molecule has 1 fully saturated rings. The summed E-state index contributed by atoms with van der Waals surface area (Å²) in [7, 11) is 3.02. The maximum absolute atomic E-state index is 14.5. The van der Waals surface area contributed by atoms with Crippen LogP contribution in [0, 0.1) is 23.0 Å². The number of ether oxygens (including phenoxy) is 1. The molecule has 0 aliphatic carbocycles. The molecule has 1 unspecified atom stereocenters. The predicted molar refractivity (Wildman–Crippen MR) is 121 cm³/mol. The van der Waals surface area contributed by atoms with Gasteiger partial charge in [-0.05, 0) is 62.2 Å². The quantitative estimate of drug-likeness (QED) is 0.647. The minimum absolute atomic E-state index is 0.0528. The summed E-state index contributed by atoms with van der Waals surface area (Å²) in [4.78, 5) is 18.4. The van der Waals surface area contributed by atoms with Crippen LogP contribution in [0.15, 0.2) is 41.2 Å². The molecule has 3 aromatic rings. The van der Waals surface area contributed by atoms with E-state index in [9.17, 15) is 13.6 Å². The Kier molecular flexibility index (Phi) is 6.52. The Balaban J connectivity index is 1.98. The van der Waals surface area contributed by atoms with Gasteiger partial charge in [-0.25, -0.2) is 13.8 Å². The highest BCUT2D eigenvalue weighted by molar-refractivity contribution is 5.80. The van der Waals surface area contributed by atoms with Crippen molar-refractivity contribution in [3.63, 3.8) is 0 Å². The monoisotopic (exact) mass is 450 g/mol. The lowest BCUT2D eigenvalue weighted by atomic mass is 9.96. The first-order chi connectivity index (χ1) is 15.9. The molecule has 1 saturated heterocycles. The molecule has 0 radical (unpaired) electrons. The van der Waals surface area contributed by atoms with Crippen molar-refractivity contribution in [1.29, 1.82) is 5.26 Å². The molecule has 2 aromatic carbocycles. The van der Waals surface area contributed by atoms with Gasteiger partial charge in [-0.3, -0.25) is 9.36 Å². The molecule has 1 aromatic heterocycles. The number of aromatic nitrogens is 2. The van der Waals surface area contributed by atoms with Crippen molar-refractivity contribution in [2.24, 2.45) is 7.05 Å². The largest absolute Gasteiger partial charge is 0.494 e. The van der Waals surface area contributed by atoms with Gasteiger partial charge >= 0.3 is 0 Å². The van der Waals surface area contributed by atoms with Crippen molar-refractivity contribution in [3.8, 4) is 34.2 Å². The average Bonchev–Trinajstić information content (AvgIpc) is 3.10. The van der Waals surface area contributed by atoms with Crippen molar-refractivity contribution in [2.75, 3.05) is 20.2 Å². The topological polar surface area (TPSA) is 79.9 Å². The number of rotatable bonds is 4. The van der Waals surface area contributed by atoms with Gasteiger partial charge in [0, 0.05) is 18.5 Å². The number of nitrogens with zero attached hydrogens (tertiary/aromatic N) is 3. The molecule has 0 spiro atoms. The average molecular weight is 450 g/mol. The summed E-state index contributed by atoms with van der Waals surface area (Å²) in [6.45, 7) is 1.72. The normalized spacial score (nSPS) is 16.2. The van der Waals surface area contributed by atoms with Crippen molar-refractivity contribution >= 4 is 0 Å². The fourth-order valence-corrected chi connectivity index (χ4v) is 4.30. The van der Waals surface area contributed by atoms with E-state index >= 15 is 0 Å². The van der Waals surface area contributed by atoms with E-state index in [2.05, 4.69) is 5.32 Å². The van der Waals surface area contributed by atoms with E-state index in [1.165, 1.54) is 35.9 Å². The van der Waals surface area contributed by atoms with E-state index in [0.717, 1.165) is 32.4 Å². The second kappa shape index (κ2) is 9.51. The number of methoxy groups -OCH3 is 1. The van der Waals surface area contributed by atoms with Gasteiger partial charge in [0.25, 0.3) is 5.56 Å². The minimum atomic E-state index is -0.704. The molecule has 0 amide bonds. The molecule has 1 aliphatic heterocycles. The predicted octanol–water partition coefficient (Wildman–Crippen LogP) is 4.13. The Morgan fingerprint density at radius 2 is 1.88 bits per heavy atom. The Labute approximate surface area is 190 Å². The summed E-state index contributed by atoms with van der Waals surface area (Å²) in [5.74, 6) is -0.600. The van der Waals surface area contributed by atoms with Crippen LogP contribution < -0.4 is 15.6 Å². The summed E-state index contributed by atoms with van der Waals surface area (Å²) < 4.78 is 35.5. The van der Waals surface area contributed by atoms with E-state index in [1.807, 2.05) is 0 Å². The Morgan fingerprint density at radius 1 is 1.12 bits per heavy atom. The standard InChI is InChI=1S/C25H24F2N4O2/c1-31-24(15-4-3-10-29-11-9-15)30-23(17-5-6-18(14-28)19(26)13-17)22(25(31)32)16-7-8-21(33-2)20(27)12-16/h5-8,12-13,15,29H,3-4,9-11H2,1-2H3. The molecular formula is C25H24F2N4O2. The van der Waals surface area contributed by atoms with Crippen molar-refractivity contribution in [3.05, 3.63) is 69.8 Å². The number of hydrogen-bond donors (Lipinski definition) is 1. The van der Waals surface area contributed by atoms with Crippen LogP contribution in [0.25, 0.3) is 22.4 Å². The maximum Gasteiger partial charge on any atom is 0.261 e. The second-order valence-corrected chi connectivity index (χ2v) is 8.09. The molecule has 170 valence electrons. The zero-order chi connectivity index (χ0) is 23.5. The molecule has 0 bridgehead atoms. The zero-order valence-electron chi connectivity index (χ0n) is 18.5. The highest BCUT2D eigenvalue weighted by atomic mass is 19.1. The number of halogens is 2. The molecule has 33 heavy (non-hydrogen) atoms. The molecule has 6 nitrogen and oxygen atoms in total. The smallest absolute Gasteiger partial charge is 0.261 e. The first-order valence-electron chi connectivity index (χ1n) is 10.8. The van der Waals surface area contributed by atoms with Crippen molar-refractivity contribution < 1.29 is 13.5 Å². The lowest BCUT2D eigenvalue weighted by Gasteiger charge is -2.20. The number of benzene rings is 2. The summed E-state index contributed by atoms with van der Waals surface area (Å²) in [6.07, 6.45) is 2.63. The van der Waals surface area contributed by atoms with Gasteiger partial charge in [0.2, 0.25) is 0 Å². The molecule has 1 atom stereocenters. The van der Waals surface area contributed by atoms with Crippen LogP contribution in [-0.2, 0) is 7.05 Å². The summed E-state index contributed by atoms with van der Waals surface area (Å²) in [5.41, 5.74) is 0.645. The van der Waals surface area contributed by atoms with Gasteiger partial charge in [0.15, 0.2) is 11.6 Å². The second-order valence-electron chi connectivity index (χ2n) is 8.09. The molecule has 1 aliphatic rings. The maximum atomic E-state index is 14.5. The van der Waals surface area contributed by atoms with E-state index in [-0.39, 0.29) is 34.0 Å². The fourth-order valence-electron chi connectivity index (χ4n) is 4.30. The number of nitriles is 1. The number of nitrogens with one attached hydrogen (secondary N) is 1. The van der Waals surface area contributed by atoms with E-state index in [4.69, 9.17) is 15.0 Å². The first-order valence-corrected chi connectivity index (χ1v) is 10.8. The van der Waals surface area contributed by atoms with Crippen LogP contribution in [-0.4, -0.2) is 29.8 Å². The lowest BCUT2D eigenvalue weighted by Crippen LogP contribution is -2.27. The van der Waals surface area contributed by atoms with E-state index < -0.39 is 11.6 Å². The van der Waals surface area contributed by atoms with Crippen molar-refractivity contribution in [2.45, 2.75) is 25.2 Å². The van der Waals surface area contributed by atoms with Crippen LogP contribution in [0.1, 0.15) is 36.6 Å². The summed E-state index contributed by atoms with van der Waals surface area (Å²) >= 11 is 0. The fraction of sp³-hybridized carbons (Fsp3) is 0.320. The Bertz CT molecular complexity index is 1290. The third-order valence-corrected chi connectivity index (χ3v) is 6.07. The lowest BCUT2D eigenvalue weighted by molar-refractivity contribution is 0.386. The molecule has 0 saturated carbocycles. The summed E-state index contributed by atoms with van der Waals surface area (Å²) in [6, 6.07) is 10.2. The van der Waals surface area contributed by atoms with E-state index in [1.54, 1.807) is 25.2 Å². The SMILES string of the molecule is COc1ccc(-c2c(-c3ccc(C#N)c(F)c3)nc(C3CCCNCC3)n(C)c2=O)cc1F. The third kappa shape index (κ3) is 4.37. The number of hydrogen-bond acceptors (Lipinski definition) is 5.